The molecule has 0 aliphatic heterocycles. The topological polar surface area (TPSA) is 26.3 Å². The summed E-state index contributed by atoms with van der Waals surface area (Å²) >= 11 is 9.43. The number of carbonyl (C=O) groups excluding carboxylic acids is 1. The van der Waals surface area contributed by atoms with Crippen molar-refractivity contribution in [2.75, 3.05) is 6.61 Å². The molecule has 1 aliphatic rings. The number of esters is 1. The normalized spacial score (nSPS) is 15.9. The summed E-state index contributed by atoms with van der Waals surface area (Å²) in [6.07, 6.45) is 5.01. The summed E-state index contributed by atoms with van der Waals surface area (Å²) in [5.74, 6) is 0.463. The summed E-state index contributed by atoms with van der Waals surface area (Å²) in [4.78, 5) is 12.2. The number of unbranched alkanes of at least 4 members (excludes halogenated alkanes) is 1. The summed E-state index contributed by atoms with van der Waals surface area (Å²) in [6.45, 7) is 2.64. The summed E-state index contributed by atoms with van der Waals surface area (Å²) in [7, 11) is 0. The fourth-order valence-corrected chi connectivity index (χ4v) is 2.83. The van der Waals surface area contributed by atoms with E-state index in [2.05, 4.69) is 22.9 Å². The van der Waals surface area contributed by atoms with E-state index < -0.39 is 0 Å². The Morgan fingerprint density at radius 2 is 2.25 bits per heavy atom. The largest absolute Gasteiger partial charge is 0.465 e. The predicted octanol–water partition coefficient (Wildman–Crippen LogP) is 5.01. The van der Waals surface area contributed by atoms with Crippen LogP contribution in [0.25, 0.3) is 0 Å². The molecular weight excluding hydrogens is 340 g/mol. The molecule has 0 aromatic heterocycles. The van der Waals surface area contributed by atoms with Gasteiger partial charge in [-0.2, -0.15) is 0 Å². The van der Waals surface area contributed by atoms with Gasteiger partial charge in [-0.3, -0.25) is 4.79 Å². The first-order chi connectivity index (χ1) is 9.61. The van der Waals surface area contributed by atoms with Crippen molar-refractivity contribution in [1.29, 1.82) is 0 Å². The number of hydrogen-bond donors (Lipinski definition) is 0. The quantitative estimate of drug-likeness (QED) is 0.505. The lowest BCUT2D eigenvalue weighted by molar-refractivity contribution is -0.149. The zero-order valence-corrected chi connectivity index (χ0v) is 14.0. The Labute approximate surface area is 134 Å². The van der Waals surface area contributed by atoms with Crippen molar-refractivity contribution in [3.05, 3.63) is 33.3 Å². The van der Waals surface area contributed by atoms with E-state index in [1.807, 2.05) is 18.2 Å². The number of ether oxygens (including phenoxy) is 1. The molecule has 0 saturated heterocycles. The molecule has 0 spiro atoms. The molecule has 0 radical (unpaired) electrons. The molecule has 1 aromatic carbocycles. The summed E-state index contributed by atoms with van der Waals surface area (Å²) < 4.78 is 6.28. The second kappa shape index (κ2) is 7.46. The SMILES string of the molecule is CCCCOC(=O)C(Cc1ccc(Cl)c(Br)c1)C1CC1. The van der Waals surface area contributed by atoms with Gasteiger partial charge in [0.1, 0.15) is 0 Å². The first kappa shape index (κ1) is 15.8. The molecule has 1 fully saturated rings. The summed E-state index contributed by atoms with van der Waals surface area (Å²) in [5.41, 5.74) is 1.13. The zero-order valence-electron chi connectivity index (χ0n) is 11.7. The van der Waals surface area contributed by atoms with Gasteiger partial charge in [-0.15, -0.1) is 0 Å². The van der Waals surface area contributed by atoms with Crippen LogP contribution in [0.1, 0.15) is 38.2 Å². The first-order valence-electron chi connectivity index (χ1n) is 7.22. The van der Waals surface area contributed by atoms with Crippen LogP contribution in [0.5, 0.6) is 0 Å². The summed E-state index contributed by atoms with van der Waals surface area (Å²) in [6, 6.07) is 5.85. The monoisotopic (exact) mass is 358 g/mol. The molecule has 1 saturated carbocycles. The standard InChI is InChI=1S/C16H20BrClO2/c1-2-3-8-20-16(19)13(12-5-6-12)9-11-4-7-15(18)14(17)10-11/h4,7,10,12-13H,2-3,5-6,8-9H2,1H3. The van der Waals surface area contributed by atoms with Crippen molar-refractivity contribution >= 4 is 33.5 Å². The first-order valence-corrected chi connectivity index (χ1v) is 8.39. The maximum atomic E-state index is 12.2. The second-order valence-electron chi connectivity index (χ2n) is 5.42. The lowest BCUT2D eigenvalue weighted by atomic mass is 9.95. The minimum absolute atomic E-state index is 0.0000633. The minimum atomic E-state index is -0.0352. The highest BCUT2D eigenvalue weighted by molar-refractivity contribution is 9.10. The highest BCUT2D eigenvalue weighted by atomic mass is 79.9. The molecule has 1 aliphatic carbocycles. The minimum Gasteiger partial charge on any atom is -0.465 e. The zero-order chi connectivity index (χ0) is 14.5. The van der Waals surface area contributed by atoms with Crippen molar-refractivity contribution in [1.82, 2.24) is 0 Å². The third kappa shape index (κ3) is 4.49. The number of halogens is 2. The van der Waals surface area contributed by atoms with Crippen LogP contribution in [0, 0.1) is 11.8 Å². The van der Waals surface area contributed by atoms with E-state index in [-0.39, 0.29) is 11.9 Å². The van der Waals surface area contributed by atoms with Gasteiger partial charge in [-0.1, -0.05) is 31.0 Å². The van der Waals surface area contributed by atoms with Crippen LogP contribution in [-0.2, 0) is 16.0 Å². The highest BCUT2D eigenvalue weighted by Gasteiger charge is 2.37. The Hall–Kier alpha value is -0.540. The highest BCUT2D eigenvalue weighted by Crippen LogP contribution is 2.39. The van der Waals surface area contributed by atoms with Crippen molar-refractivity contribution in [3.8, 4) is 0 Å². The maximum absolute atomic E-state index is 12.2. The Bertz CT molecular complexity index is 472. The van der Waals surface area contributed by atoms with Crippen LogP contribution in [0.15, 0.2) is 22.7 Å². The van der Waals surface area contributed by atoms with Gasteiger partial charge >= 0.3 is 5.97 Å². The Morgan fingerprint density at radius 3 is 2.85 bits per heavy atom. The Kier molecular flexibility index (Phi) is 5.91. The third-order valence-corrected chi connectivity index (χ3v) is 4.89. The third-order valence-electron chi connectivity index (χ3n) is 3.68. The van der Waals surface area contributed by atoms with E-state index in [1.165, 1.54) is 0 Å². The van der Waals surface area contributed by atoms with Gasteiger partial charge in [0.2, 0.25) is 0 Å². The molecule has 4 heteroatoms. The Morgan fingerprint density at radius 1 is 1.50 bits per heavy atom. The van der Waals surface area contributed by atoms with Gasteiger partial charge < -0.3 is 4.74 Å². The number of rotatable bonds is 7. The van der Waals surface area contributed by atoms with Gasteiger partial charge in [0, 0.05) is 4.47 Å². The van der Waals surface area contributed by atoms with Gasteiger partial charge in [0.05, 0.1) is 17.5 Å². The van der Waals surface area contributed by atoms with Crippen molar-refractivity contribution in [2.45, 2.75) is 39.0 Å². The van der Waals surface area contributed by atoms with Gasteiger partial charge in [0.25, 0.3) is 0 Å². The molecule has 1 aromatic rings. The number of benzene rings is 1. The molecule has 2 rings (SSSR count). The van der Waals surface area contributed by atoms with E-state index in [0.29, 0.717) is 17.5 Å². The van der Waals surface area contributed by atoms with Crippen molar-refractivity contribution < 1.29 is 9.53 Å². The molecular formula is C16H20BrClO2. The van der Waals surface area contributed by atoms with Crippen LogP contribution in [0.4, 0.5) is 0 Å². The van der Waals surface area contributed by atoms with Gasteiger partial charge in [-0.05, 0) is 65.2 Å². The maximum Gasteiger partial charge on any atom is 0.309 e. The van der Waals surface area contributed by atoms with Gasteiger partial charge in [-0.25, -0.2) is 0 Å². The number of hydrogen-bond acceptors (Lipinski definition) is 2. The van der Waals surface area contributed by atoms with E-state index >= 15 is 0 Å². The fourth-order valence-electron chi connectivity index (χ4n) is 2.29. The molecule has 0 bridgehead atoms. The second-order valence-corrected chi connectivity index (χ2v) is 6.68. The van der Waals surface area contributed by atoms with Crippen LogP contribution >= 0.6 is 27.5 Å². The molecule has 2 nitrogen and oxygen atoms in total. The molecule has 0 amide bonds. The summed E-state index contributed by atoms with van der Waals surface area (Å²) in [5, 5.41) is 0.697. The van der Waals surface area contributed by atoms with Crippen LogP contribution in [0.2, 0.25) is 5.02 Å². The smallest absolute Gasteiger partial charge is 0.309 e. The molecule has 110 valence electrons. The molecule has 1 unspecified atom stereocenters. The lowest BCUT2D eigenvalue weighted by Gasteiger charge is -2.15. The number of carbonyl (C=O) groups is 1. The van der Waals surface area contributed by atoms with Crippen molar-refractivity contribution in [3.63, 3.8) is 0 Å². The molecule has 20 heavy (non-hydrogen) atoms. The van der Waals surface area contributed by atoms with E-state index in [0.717, 1.165) is 42.1 Å². The molecule has 0 heterocycles. The molecule has 0 N–H and O–H groups in total. The van der Waals surface area contributed by atoms with Gasteiger partial charge in [0.15, 0.2) is 0 Å². The average molecular weight is 360 g/mol. The lowest BCUT2D eigenvalue weighted by Crippen LogP contribution is -2.22. The van der Waals surface area contributed by atoms with E-state index in [9.17, 15) is 4.79 Å². The fraction of sp³-hybridized carbons (Fsp3) is 0.562. The molecule has 1 atom stereocenters. The van der Waals surface area contributed by atoms with E-state index in [1.54, 1.807) is 0 Å². The average Bonchev–Trinajstić information content (AvgIpc) is 3.24. The predicted molar refractivity (Wildman–Crippen MR) is 84.9 cm³/mol. The van der Waals surface area contributed by atoms with Crippen LogP contribution in [-0.4, -0.2) is 12.6 Å². The van der Waals surface area contributed by atoms with E-state index in [4.69, 9.17) is 16.3 Å². The van der Waals surface area contributed by atoms with Crippen LogP contribution in [0.3, 0.4) is 0 Å². The Balaban J connectivity index is 1.98. The van der Waals surface area contributed by atoms with Crippen LogP contribution < -0.4 is 0 Å². The van der Waals surface area contributed by atoms with Crippen molar-refractivity contribution in [2.24, 2.45) is 11.8 Å².